The van der Waals surface area contributed by atoms with Crippen molar-refractivity contribution in [1.82, 2.24) is 14.8 Å². The van der Waals surface area contributed by atoms with Crippen molar-refractivity contribution < 1.29 is 17.2 Å². The predicted octanol–water partition coefficient (Wildman–Crippen LogP) is 3.73. The molecule has 0 bridgehead atoms. The Balaban J connectivity index is 2.03. The molecule has 3 aromatic rings. The van der Waals surface area contributed by atoms with E-state index >= 15 is 0 Å². The lowest BCUT2D eigenvalue weighted by Gasteiger charge is -2.11. The summed E-state index contributed by atoms with van der Waals surface area (Å²) >= 11 is 6.00. The number of aryl methyl sites for hydroxylation is 1. The summed E-state index contributed by atoms with van der Waals surface area (Å²) in [6.45, 7) is 3.67. The van der Waals surface area contributed by atoms with Crippen LogP contribution in [0.15, 0.2) is 59.2 Å². The quantitative estimate of drug-likeness (QED) is 0.443. The Hall–Kier alpha value is -3.62. The van der Waals surface area contributed by atoms with Crippen molar-refractivity contribution in [2.24, 2.45) is 12.0 Å². The number of nitrogens with one attached hydrogen (secondary N) is 1. The number of sulfonamides is 1. The molecule has 31 heavy (non-hydrogen) atoms. The molecule has 2 heterocycles. The molecule has 1 aromatic carbocycles. The Kier molecular flexibility index (Phi) is 6.14. The Bertz CT molecular complexity index is 1360. The average Bonchev–Trinajstić information content (AvgIpc) is 3.06. The smallest absolute Gasteiger partial charge is 0.264 e. The number of hydrogen-bond donors (Lipinski definition) is 1. The number of halogens is 3. The van der Waals surface area contributed by atoms with Gasteiger partial charge in [-0.3, -0.25) is 4.72 Å². The van der Waals surface area contributed by atoms with Crippen LogP contribution in [0.2, 0.25) is 5.15 Å². The number of aromatic nitrogens is 3. The van der Waals surface area contributed by atoms with Gasteiger partial charge in [0.25, 0.3) is 10.0 Å². The monoisotopic (exact) mass is 462 g/mol. The molecule has 0 aliphatic heterocycles. The van der Waals surface area contributed by atoms with Gasteiger partial charge in [-0.25, -0.2) is 31.9 Å². The van der Waals surface area contributed by atoms with Crippen molar-refractivity contribution in [2.75, 3.05) is 4.72 Å². The number of hydrogen-bond acceptors (Lipinski definition) is 6. The van der Waals surface area contributed by atoms with Crippen LogP contribution in [0.1, 0.15) is 11.1 Å². The summed E-state index contributed by atoms with van der Waals surface area (Å²) < 4.78 is 55.7. The molecule has 0 radical (unpaired) electrons. The third kappa shape index (κ3) is 4.60. The molecule has 0 saturated heterocycles. The molecule has 3 rings (SSSR count). The third-order valence-corrected chi connectivity index (χ3v) is 5.71. The number of nitriles is 1. The van der Waals surface area contributed by atoms with Gasteiger partial charge in [0.2, 0.25) is 0 Å². The standard InChI is InChI=1S/C19H13ClF2N6O2S/c1-3-15(26-19-12(8-23)10-25-28(19)2)11-6-16(18(20)24-9-11)27-31(29,30)17-5-4-13(21)7-14(17)22/h3-7,9-10,27H,1H2,2H3/b26-15+. The zero-order chi connectivity index (χ0) is 22.8. The maximum Gasteiger partial charge on any atom is 0.264 e. The molecule has 158 valence electrons. The SMILES string of the molecule is C=C/C(=N\c1c(C#N)cnn1C)c1cnc(Cl)c(NS(=O)(=O)c2ccc(F)cc2F)c1. The van der Waals surface area contributed by atoms with Gasteiger partial charge in [0.05, 0.1) is 17.6 Å². The van der Waals surface area contributed by atoms with Gasteiger partial charge < -0.3 is 0 Å². The van der Waals surface area contributed by atoms with E-state index < -0.39 is 26.6 Å². The Morgan fingerprint density at radius 1 is 1.35 bits per heavy atom. The molecule has 8 nitrogen and oxygen atoms in total. The van der Waals surface area contributed by atoms with Gasteiger partial charge in [-0.05, 0) is 24.3 Å². The van der Waals surface area contributed by atoms with E-state index in [0.29, 0.717) is 11.6 Å². The van der Waals surface area contributed by atoms with E-state index in [1.807, 2.05) is 6.07 Å². The molecule has 1 N–H and O–H groups in total. The lowest BCUT2D eigenvalue weighted by Crippen LogP contribution is -2.16. The number of nitrogens with zero attached hydrogens (tertiary/aromatic N) is 5. The largest absolute Gasteiger partial charge is 0.276 e. The molecule has 0 saturated carbocycles. The van der Waals surface area contributed by atoms with Crippen molar-refractivity contribution in [3.63, 3.8) is 0 Å². The minimum absolute atomic E-state index is 0.164. The second kappa shape index (κ2) is 8.63. The molecule has 0 unspecified atom stereocenters. The lowest BCUT2D eigenvalue weighted by atomic mass is 10.1. The Labute approximate surface area is 181 Å². The molecule has 0 amide bonds. The van der Waals surface area contributed by atoms with E-state index in [9.17, 15) is 22.5 Å². The summed E-state index contributed by atoms with van der Waals surface area (Å²) in [6.07, 6.45) is 4.04. The van der Waals surface area contributed by atoms with Crippen LogP contribution in [0.5, 0.6) is 0 Å². The Morgan fingerprint density at radius 2 is 2.10 bits per heavy atom. The zero-order valence-electron chi connectivity index (χ0n) is 15.8. The van der Waals surface area contributed by atoms with Gasteiger partial charge in [-0.1, -0.05) is 18.2 Å². The molecule has 0 fully saturated rings. The van der Waals surface area contributed by atoms with E-state index in [1.165, 1.54) is 29.2 Å². The fraction of sp³-hybridized carbons (Fsp3) is 0.0526. The highest BCUT2D eigenvalue weighted by atomic mass is 35.5. The van der Waals surface area contributed by atoms with E-state index in [0.717, 1.165) is 12.1 Å². The number of anilines is 1. The first-order chi connectivity index (χ1) is 14.7. The molecular weight excluding hydrogens is 450 g/mol. The maximum absolute atomic E-state index is 14.0. The van der Waals surface area contributed by atoms with Gasteiger partial charge >= 0.3 is 0 Å². The Morgan fingerprint density at radius 3 is 2.74 bits per heavy atom. The highest BCUT2D eigenvalue weighted by molar-refractivity contribution is 7.92. The van der Waals surface area contributed by atoms with Crippen LogP contribution in [0.4, 0.5) is 20.3 Å². The van der Waals surface area contributed by atoms with Gasteiger partial charge in [-0.15, -0.1) is 0 Å². The van der Waals surface area contributed by atoms with Crippen LogP contribution in [0.3, 0.4) is 0 Å². The van der Waals surface area contributed by atoms with E-state index in [2.05, 4.69) is 26.4 Å². The third-order valence-electron chi connectivity index (χ3n) is 4.01. The lowest BCUT2D eigenvalue weighted by molar-refractivity contribution is 0.551. The number of allylic oxidation sites excluding steroid dienone is 1. The van der Waals surface area contributed by atoms with Gasteiger partial charge in [-0.2, -0.15) is 10.4 Å². The number of rotatable bonds is 6. The van der Waals surface area contributed by atoms with Crippen LogP contribution in [-0.2, 0) is 17.1 Å². The summed E-state index contributed by atoms with van der Waals surface area (Å²) in [5.41, 5.74) is 0.610. The molecule has 0 atom stereocenters. The minimum atomic E-state index is -4.44. The highest BCUT2D eigenvalue weighted by Crippen LogP contribution is 2.26. The molecule has 0 aliphatic rings. The minimum Gasteiger partial charge on any atom is -0.276 e. The zero-order valence-corrected chi connectivity index (χ0v) is 17.4. The molecular formula is C19H13ClF2N6O2S. The summed E-state index contributed by atoms with van der Waals surface area (Å²) in [4.78, 5) is 7.50. The first-order valence-electron chi connectivity index (χ1n) is 8.43. The summed E-state index contributed by atoms with van der Waals surface area (Å²) in [6, 6.07) is 5.34. The maximum atomic E-state index is 14.0. The highest BCUT2D eigenvalue weighted by Gasteiger charge is 2.22. The van der Waals surface area contributed by atoms with Crippen LogP contribution >= 0.6 is 11.6 Å². The van der Waals surface area contributed by atoms with E-state index in [1.54, 1.807) is 7.05 Å². The van der Waals surface area contributed by atoms with Crippen molar-refractivity contribution in [3.8, 4) is 6.07 Å². The van der Waals surface area contributed by atoms with Crippen LogP contribution < -0.4 is 4.72 Å². The van der Waals surface area contributed by atoms with Crippen molar-refractivity contribution in [3.05, 3.63) is 77.2 Å². The number of aliphatic imine (C=N–C) groups is 1. The van der Waals surface area contributed by atoms with Gasteiger partial charge in [0.15, 0.2) is 11.0 Å². The second-order valence-electron chi connectivity index (χ2n) is 6.06. The topological polar surface area (TPSA) is 113 Å². The van der Waals surface area contributed by atoms with E-state index in [4.69, 9.17) is 11.6 Å². The second-order valence-corrected chi connectivity index (χ2v) is 8.07. The van der Waals surface area contributed by atoms with Gasteiger partial charge in [0.1, 0.15) is 28.2 Å². The molecule has 2 aromatic heterocycles. The fourth-order valence-electron chi connectivity index (χ4n) is 2.54. The fourth-order valence-corrected chi connectivity index (χ4v) is 3.86. The van der Waals surface area contributed by atoms with Gasteiger partial charge in [0, 0.05) is 24.9 Å². The summed E-state index contributed by atoms with van der Waals surface area (Å²) in [7, 11) is -2.84. The molecule has 0 aliphatic carbocycles. The van der Waals surface area contributed by atoms with Crippen LogP contribution in [-0.4, -0.2) is 28.9 Å². The average molecular weight is 463 g/mol. The van der Waals surface area contributed by atoms with Crippen molar-refractivity contribution >= 4 is 38.8 Å². The summed E-state index contributed by atoms with van der Waals surface area (Å²) in [5.74, 6) is -1.93. The summed E-state index contributed by atoms with van der Waals surface area (Å²) in [5, 5.41) is 12.9. The van der Waals surface area contributed by atoms with Crippen molar-refractivity contribution in [2.45, 2.75) is 4.90 Å². The van der Waals surface area contributed by atoms with E-state index in [-0.39, 0.29) is 27.9 Å². The van der Waals surface area contributed by atoms with Crippen molar-refractivity contribution in [1.29, 1.82) is 5.26 Å². The number of benzene rings is 1. The van der Waals surface area contributed by atoms with Crippen LogP contribution in [0.25, 0.3) is 0 Å². The van der Waals surface area contributed by atoms with Crippen LogP contribution in [0, 0.1) is 23.0 Å². The first kappa shape index (κ1) is 22.1. The molecule has 12 heteroatoms. The number of pyridine rings is 1. The first-order valence-corrected chi connectivity index (χ1v) is 10.3. The molecule has 0 spiro atoms. The normalized spacial score (nSPS) is 11.8. The predicted molar refractivity (Wildman–Crippen MR) is 111 cm³/mol.